The molecule has 0 saturated carbocycles. The summed E-state index contributed by atoms with van der Waals surface area (Å²) in [5.74, 6) is 0.453. The summed E-state index contributed by atoms with van der Waals surface area (Å²) in [7, 11) is 0. The molecule has 0 aromatic heterocycles. The Hall–Kier alpha value is -1.01. The number of carbonyl (C=O) groups is 1. The molecule has 0 unspecified atom stereocenters. The quantitative estimate of drug-likeness (QED) is 0.781. The number of nitrogens with zero attached hydrogens (tertiary/aromatic N) is 1. The van der Waals surface area contributed by atoms with E-state index in [-0.39, 0.29) is 18.3 Å². The van der Waals surface area contributed by atoms with Crippen LogP contribution in [0.3, 0.4) is 0 Å². The average molecular weight is 362 g/mol. The molecule has 1 aromatic rings. The second-order valence-corrected chi connectivity index (χ2v) is 5.77. The van der Waals surface area contributed by atoms with E-state index in [2.05, 4.69) is 15.5 Å². The van der Waals surface area contributed by atoms with Crippen molar-refractivity contribution in [2.75, 3.05) is 45.9 Å². The van der Waals surface area contributed by atoms with E-state index in [9.17, 15) is 4.79 Å². The third-order valence-electron chi connectivity index (χ3n) is 3.57. The summed E-state index contributed by atoms with van der Waals surface area (Å²) in [4.78, 5) is 14.7. The predicted octanol–water partition coefficient (Wildman–Crippen LogP) is 2.19. The lowest BCUT2D eigenvalue weighted by Gasteiger charge is -2.27. The van der Waals surface area contributed by atoms with E-state index in [1.807, 2.05) is 6.92 Å². The van der Waals surface area contributed by atoms with Crippen LogP contribution in [-0.2, 0) is 0 Å². The zero-order valence-electron chi connectivity index (χ0n) is 13.4. The molecule has 2 N–H and O–H groups in total. The van der Waals surface area contributed by atoms with Gasteiger partial charge < -0.3 is 15.4 Å². The number of hydrogen-bond donors (Lipinski definition) is 2. The summed E-state index contributed by atoms with van der Waals surface area (Å²) in [6.07, 6.45) is 0.896. The van der Waals surface area contributed by atoms with Crippen molar-refractivity contribution in [3.05, 3.63) is 28.8 Å². The van der Waals surface area contributed by atoms with Gasteiger partial charge in [0.1, 0.15) is 5.75 Å². The van der Waals surface area contributed by atoms with E-state index in [1.54, 1.807) is 18.2 Å². The van der Waals surface area contributed by atoms with Crippen LogP contribution in [0.2, 0.25) is 5.02 Å². The van der Waals surface area contributed by atoms with Crippen LogP contribution in [0, 0.1) is 0 Å². The zero-order valence-corrected chi connectivity index (χ0v) is 15.0. The summed E-state index contributed by atoms with van der Waals surface area (Å²) < 4.78 is 5.62. The summed E-state index contributed by atoms with van der Waals surface area (Å²) in [5.41, 5.74) is 0.501. The van der Waals surface area contributed by atoms with E-state index in [0.29, 0.717) is 29.5 Å². The lowest BCUT2D eigenvalue weighted by molar-refractivity contribution is 0.0943. The standard InChI is InChI=1S/C16H24ClN3O2.ClH/c1-2-11-22-15-4-3-13(17)12-14(15)16(21)19-7-10-20-8-5-18-6-9-20;/h3-4,12,18H,2,5-11H2,1H3,(H,19,21);1H. The van der Waals surface area contributed by atoms with Crippen LogP contribution in [0.5, 0.6) is 5.75 Å². The third-order valence-corrected chi connectivity index (χ3v) is 3.81. The van der Waals surface area contributed by atoms with Crippen molar-refractivity contribution in [2.45, 2.75) is 13.3 Å². The van der Waals surface area contributed by atoms with Crippen LogP contribution in [0.25, 0.3) is 0 Å². The van der Waals surface area contributed by atoms with Gasteiger partial charge in [0.15, 0.2) is 0 Å². The van der Waals surface area contributed by atoms with Crippen molar-refractivity contribution in [3.8, 4) is 5.75 Å². The molecule has 1 amide bonds. The first-order valence-electron chi connectivity index (χ1n) is 7.84. The summed E-state index contributed by atoms with van der Waals surface area (Å²) in [6, 6.07) is 5.15. The van der Waals surface area contributed by atoms with Crippen LogP contribution in [0.4, 0.5) is 0 Å². The largest absolute Gasteiger partial charge is 0.493 e. The number of benzene rings is 1. The number of hydrogen-bond acceptors (Lipinski definition) is 4. The summed E-state index contributed by atoms with van der Waals surface area (Å²) >= 11 is 6.00. The van der Waals surface area contributed by atoms with Crippen molar-refractivity contribution in [2.24, 2.45) is 0 Å². The number of piperazine rings is 1. The molecule has 1 saturated heterocycles. The molecular weight excluding hydrogens is 337 g/mol. The Morgan fingerprint density at radius 2 is 2.13 bits per heavy atom. The monoisotopic (exact) mass is 361 g/mol. The van der Waals surface area contributed by atoms with Crippen LogP contribution >= 0.6 is 24.0 Å². The molecule has 1 aliphatic rings. The Morgan fingerprint density at radius 1 is 1.39 bits per heavy atom. The molecule has 1 heterocycles. The van der Waals surface area contributed by atoms with Gasteiger partial charge in [0.25, 0.3) is 5.91 Å². The molecule has 7 heteroatoms. The van der Waals surface area contributed by atoms with Gasteiger partial charge >= 0.3 is 0 Å². The number of ether oxygens (including phenoxy) is 1. The highest BCUT2D eigenvalue weighted by atomic mass is 35.5. The Labute approximate surface area is 149 Å². The molecule has 5 nitrogen and oxygen atoms in total. The Bertz CT molecular complexity index is 494. The minimum atomic E-state index is -0.135. The molecule has 0 bridgehead atoms. The minimum Gasteiger partial charge on any atom is -0.493 e. The van der Waals surface area contributed by atoms with Gasteiger partial charge in [-0.1, -0.05) is 18.5 Å². The molecule has 23 heavy (non-hydrogen) atoms. The molecule has 0 spiro atoms. The lowest BCUT2D eigenvalue weighted by atomic mass is 10.2. The van der Waals surface area contributed by atoms with Gasteiger partial charge in [-0.25, -0.2) is 0 Å². The lowest BCUT2D eigenvalue weighted by Crippen LogP contribution is -2.46. The average Bonchev–Trinajstić information content (AvgIpc) is 2.54. The fourth-order valence-electron chi connectivity index (χ4n) is 2.38. The maximum absolute atomic E-state index is 12.3. The number of carbonyl (C=O) groups excluding carboxylic acids is 1. The fraction of sp³-hybridized carbons (Fsp3) is 0.562. The molecular formula is C16H25Cl2N3O2. The number of nitrogens with one attached hydrogen (secondary N) is 2. The molecule has 2 rings (SSSR count). The van der Waals surface area contributed by atoms with Crippen LogP contribution < -0.4 is 15.4 Å². The molecule has 1 fully saturated rings. The molecule has 1 aromatic carbocycles. The molecule has 0 atom stereocenters. The van der Waals surface area contributed by atoms with Gasteiger partial charge in [-0.05, 0) is 24.6 Å². The van der Waals surface area contributed by atoms with Crippen molar-refractivity contribution in [1.29, 1.82) is 0 Å². The minimum absolute atomic E-state index is 0. The predicted molar refractivity (Wildman–Crippen MR) is 96.1 cm³/mol. The van der Waals surface area contributed by atoms with E-state index >= 15 is 0 Å². The molecule has 1 aliphatic heterocycles. The van der Waals surface area contributed by atoms with E-state index in [0.717, 1.165) is 39.1 Å². The molecule has 0 aliphatic carbocycles. The van der Waals surface area contributed by atoms with Crippen molar-refractivity contribution < 1.29 is 9.53 Å². The molecule has 130 valence electrons. The number of amides is 1. The van der Waals surface area contributed by atoms with Crippen molar-refractivity contribution in [3.63, 3.8) is 0 Å². The number of halogens is 2. The van der Waals surface area contributed by atoms with Gasteiger partial charge in [-0.15, -0.1) is 12.4 Å². The van der Waals surface area contributed by atoms with Crippen LogP contribution in [0.1, 0.15) is 23.7 Å². The smallest absolute Gasteiger partial charge is 0.255 e. The maximum Gasteiger partial charge on any atom is 0.255 e. The second-order valence-electron chi connectivity index (χ2n) is 5.34. The van der Waals surface area contributed by atoms with Gasteiger partial charge in [0, 0.05) is 44.3 Å². The van der Waals surface area contributed by atoms with E-state index in [1.165, 1.54) is 0 Å². The fourth-order valence-corrected chi connectivity index (χ4v) is 2.55. The molecule has 0 radical (unpaired) electrons. The summed E-state index contributed by atoms with van der Waals surface area (Å²) in [5, 5.41) is 6.80. The third kappa shape index (κ3) is 6.55. The SMILES string of the molecule is CCCOc1ccc(Cl)cc1C(=O)NCCN1CCNCC1.Cl. The first-order valence-corrected chi connectivity index (χ1v) is 8.22. The van der Waals surface area contributed by atoms with Crippen molar-refractivity contribution >= 4 is 29.9 Å². The highest BCUT2D eigenvalue weighted by molar-refractivity contribution is 6.31. The van der Waals surface area contributed by atoms with Gasteiger partial charge in [0.2, 0.25) is 0 Å². The zero-order chi connectivity index (χ0) is 15.8. The second kappa shape index (κ2) is 10.7. The van der Waals surface area contributed by atoms with Gasteiger partial charge in [-0.2, -0.15) is 0 Å². The van der Waals surface area contributed by atoms with Crippen LogP contribution in [-0.4, -0.2) is 56.7 Å². The Kier molecular flexibility index (Phi) is 9.33. The Balaban J connectivity index is 0.00000264. The normalized spacial score (nSPS) is 14.9. The topological polar surface area (TPSA) is 53.6 Å². The van der Waals surface area contributed by atoms with Crippen LogP contribution in [0.15, 0.2) is 18.2 Å². The first kappa shape index (κ1) is 20.0. The summed E-state index contributed by atoms with van der Waals surface area (Å²) in [6.45, 7) is 8.17. The van der Waals surface area contributed by atoms with E-state index < -0.39 is 0 Å². The highest BCUT2D eigenvalue weighted by Crippen LogP contribution is 2.23. The highest BCUT2D eigenvalue weighted by Gasteiger charge is 2.14. The van der Waals surface area contributed by atoms with Gasteiger partial charge in [-0.3, -0.25) is 9.69 Å². The number of rotatable bonds is 7. The maximum atomic E-state index is 12.3. The van der Waals surface area contributed by atoms with Crippen molar-refractivity contribution in [1.82, 2.24) is 15.5 Å². The van der Waals surface area contributed by atoms with E-state index in [4.69, 9.17) is 16.3 Å². The Morgan fingerprint density at radius 3 is 2.83 bits per heavy atom. The van der Waals surface area contributed by atoms with Gasteiger partial charge in [0.05, 0.1) is 12.2 Å². The first-order chi connectivity index (χ1) is 10.7.